The standard InChI is InChI=1S/C20H24ClN5O2/c1-12-8-13(2)10-25(9-12)19-22-17-16(18(27)23-20(28)24(17)3)26(19)11-14-6-4-5-7-15(14)21/h4-7,12-13H,8-11H2,1-3H3,(H,23,27,28)/t12-,13+. The largest absolute Gasteiger partial charge is 0.342 e. The fourth-order valence-electron chi connectivity index (χ4n) is 4.24. The molecule has 1 fully saturated rings. The average molecular weight is 402 g/mol. The number of piperidine rings is 1. The molecule has 2 aromatic heterocycles. The van der Waals surface area contributed by atoms with E-state index in [0.717, 1.165) is 18.7 Å². The van der Waals surface area contributed by atoms with Crippen LogP contribution in [-0.4, -0.2) is 32.2 Å². The zero-order chi connectivity index (χ0) is 20.0. The number of nitrogens with zero attached hydrogens (tertiary/aromatic N) is 4. The molecule has 0 saturated carbocycles. The fraction of sp³-hybridized carbons (Fsp3) is 0.450. The quantitative estimate of drug-likeness (QED) is 0.731. The lowest BCUT2D eigenvalue weighted by Gasteiger charge is -2.35. The lowest BCUT2D eigenvalue weighted by Crippen LogP contribution is -2.40. The lowest BCUT2D eigenvalue weighted by molar-refractivity contribution is 0.352. The molecule has 28 heavy (non-hydrogen) atoms. The molecular formula is C20H24ClN5O2. The summed E-state index contributed by atoms with van der Waals surface area (Å²) < 4.78 is 3.28. The fourth-order valence-corrected chi connectivity index (χ4v) is 4.43. The third kappa shape index (κ3) is 3.24. The van der Waals surface area contributed by atoms with Gasteiger partial charge >= 0.3 is 5.69 Å². The van der Waals surface area contributed by atoms with Crippen molar-refractivity contribution in [1.29, 1.82) is 0 Å². The highest BCUT2D eigenvalue weighted by atomic mass is 35.5. The number of hydrogen-bond donors (Lipinski definition) is 1. The number of benzene rings is 1. The predicted octanol–water partition coefficient (Wildman–Crippen LogP) is 2.61. The summed E-state index contributed by atoms with van der Waals surface area (Å²) in [6.07, 6.45) is 1.17. The minimum absolute atomic E-state index is 0.390. The Balaban J connectivity index is 1.94. The maximum Gasteiger partial charge on any atom is 0.329 e. The highest BCUT2D eigenvalue weighted by Gasteiger charge is 2.28. The van der Waals surface area contributed by atoms with Crippen molar-refractivity contribution in [1.82, 2.24) is 19.1 Å². The number of rotatable bonds is 3. The van der Waals surface area contributed by atoms with Crippen LogP contribution in [0.5, 0.6) is 0 Å². The van der Waals surface area contributed by atoms with Crippen LogP contribution in [0.1, 0.15) is 25.8 Å². The first-order chi connectivity index (χ1) is 13.3. The molecule has 1 N–H and O–H groups in total. The van der Waals surface area contributed by atoms with Gasteiger partial charge in [-0.1, -0.05) is 43.6 Å². The summed E-state index contributed by atoms with van der Waals surface area (Å²) >= 11 is 6.38. The molecule has 1 aliphatic heterocycles. The summed E-state index contributed by atoms with van der Waals surface area (Å²) in [5.74, 6) is 1.76. The molecule has 0 amide bonds. The van der Waals surface area contributed by atoms with E-state index in [0.29, 0.717) is 40.5 Å². The Bertz CT molecular complexity index is 1140. The molecule has 148 valence electrons. The van der Waals surface area contributed by atoms with Gasteiger partial charge in [0.25, 0.3) is 5.56 Å². The van der Waals surface area contributed by atoms with Gasteiger partial charge in [-0.25, -0.2) is 4.79 Å². The second-order valence-corrected chi connectivity index (χ2v) is 8.34. The molecule has 0 bridgehead atoms. The van der Waals surface area contributed by atoms with Gasteiger partial charge in [0, 0.05) is 25.2 Å². The maximum atomic E-state index is 12.7. The first-order valence-corrected chi connectivity index (χ1v) is 9.90. The van der Waals surface area contributed by atoms with Crippen LogP contribution >= 0.6 is 11.6 Å². The molecule has 8 heteroatoms. The number of hydrogen-bond acceptors (Lipinski definition) is 4. The topological polar surface area (TPSA) is 75.9 Å². The molecule has 4 rings (SSSR count). The van der Waals surface area contributed by atoms with Crippen LogP contribution in [0.3, 0.4) is 0 Å². The summed E-state index contributed by atoms with van der Waals surface area (Å²) in [6, 6.07) is 7.57. The summed E-state index contributed by atoms with van der Waals surface area (Å²) in [4.78, 5) is 34.1. The van der Waals surface area contributed by atoms with E-state index in [4.69, 9.17) is 16.6 Å². The highest BCUT2D eigenvalue weighted by Crippen LogP contribution is 2.29. The summed E-state index contributed by atoms with van der Waals surface area (Å²) in [5, 5.41) is 0.636. The van der Waals surface area contributed by atoms with Crippen LogP contribution in [0, 0.1) is 11.8 Å². The number of aromatic nitrogens is 4. The molecule has 0 aliphatic carbocycles. The Kier molecular flexibility index (Phi) is 4.79. The normalized spacial score (nSPS) is 20.1. The van der Waals surface area contributed by atoms with Crippen molar-refractivity contribution < 1.29 is 0 Å². The average Bonchev–Trinajstić information content (AvgIpc) is 3.01. The van der Waals surface area contributed by atoms with E-state index < -0.39 is 11.2 Å². The van der Waals surface area contributed by atoms with Gasteiger partial charge in [-0.2, -0.15) is 4.98 Å². The number of imidazole rings is 1. The van der Waals surface area contributed by atoms with Crippen molar-refractivity contribution in [3.8, 4) is 0 Å². The zero-order valence-corrected chi connectivity index (χ0v) is 17.0. The van der Waals surface area contributed by atoms with Crippen molar-refractivity contribution in [2.45, 2.75) is 26.8 Å². The minimum atomic E-state index is -0.466. The Morgan fingerprint density at radius 2 is 1.86 bits per heavy atom. The van der Waals surface area contributed by atoms with Crippen molar-refractivity contribution in [2.24, 2.45) is 18.9 Å². The molecule has 1 aliphatic rings. The second kappa shape index (κ2) is 7.13. The number of aryl methyl sites for hydroxylation is 1. The second-order valence-electron chi connectivity index (χ2n) is 7.93. The Hall–Kier alpha value is -2.54. The number of anilines is 1. The third-order valence-electron chi connectivity index (χ3n) is 5.42. The van der Waals surface area contributed by atoms with Gasteiger partial charge in [0.15, 0.2) is 11.2 Å². The van der Waals surface area contributed by atoms with Gasteiger partial charge in [-0.15, -0.1) is 0 Å². The summed E-state index contributed by atoms with van der Waals surface area (Å²) in [5.41, 5.74) is 0.787. The predicted molar refractivity (Wildman–Crippen MR) is 111 cm³/mol. The minimum Gasteiger partial charge on any atom is -0.342 e. The molecule has 1 aromatic carbocycles. The van der Waals surface area contributed by atoms with Gasteiger partial charge < -0.3 is 4.90 Å². The van der Waals surface area contributed by atoms with Crippen LogP contribution in [0.4, 0.5) is 5.95 Å². The Labute approximate surface area is 167 Å². The lowest BCUT2D eigenvalue weighted by atomic mass is 9.92. The zero-order valence-electron chi connectivity index (χ0n) is 16.3. The van der Waals surface area contributed by atoms with E-state index in [2.05, 4.69) is 23.7 Å². The SMILES string of the molecule is C[C@@H]1C[C@H](C)CN(c2nc3c(c(=O)[nH]c(=O)n3C)n2Cc2ccccc2Cl)C1. The van der Waals surface area contributed by atoms with E-state index in [1.807, 2.05) is 28.8 Å². The van der Waals surface area contributed by atoms with Crippen LogP contribution in [0.15, 0.2) is 33.9 Å². The van der Waals surface area contributed by atoms with Crippen molar-refractivity contribution in [3.05, 3.63) is 55.7 Å². The smallest absolute Gasteiger partial charge is 0.329 e. The first-order valence-electron chi connectivity index (χ1n) is 9.53. The van der Waals surface area contributed by atoms with E-state index in [1.54, 1.807) is 7.05 Å². The Morgan fingerprint density at radius 1 is 1.18 bits per heavy atom. The molecule has 3 heterocycles. The molecular weight excluding hydrogens is 378 g/mol. The summed E-state index contributed by atoms with van der Waals surface area (Å²) in [7, 11) is 1.62. The van der Waals surface area contributed by atoms with Crippen molar-refractivity contribution in [2.75, 3.05) is 18.0 Å². The maximum absolute atomic E-state index is 12.7. The van der Waals surface area contributed by atoms with Gasteiger partial charge in [0.2, 0.25) is 5.95 Å². The molecule has 0 spiro atoms. The van der Waals surface area contributed by atoms with Crippen LogP contribution in [0.2, 0.25) is 5.02 Å². The molecule has 7 nitrogen and oxygen atoms in total. The van der Waals surface area contributed by atoms with Crippen LogP contribution < -0.4 is 16.1 Å². The molecule has 3 aromatic rings. The van der Waals surface area contributed by atoms with E-state index in [1.165, 1.54) is 11.0 Å². The van der Waals surface area contributed by atoms with E-state index >= 15 is 0 Å². The number of fused-ring (bicyclic) bond motifs is 1. The molecule has 2 atom stereocenters. The number of nitrogens with one attached hydrogen (secondary N) is 1. The molecule has 0 unspecified atom stereocenters. The van der Waals surface area contributed by atoms with Crippen LogP contribution in [0.25, 0.3) is 11.2 Å². The summed E-state index contributed by atoms with van der Waals surface area (Å²) in [6.45, 7) is 6.59. The number of H-pyrrole nitrogens is 1. The number of halogens is 1. The van der Waals surface area contributed by atoms with Gasteiger partial charge in [0.05, 0.1) is 6.54 Å². The van der Waals surface area contributed by atoms with Crippen LogP contribution in [-0.2, 0) is 13.6 Å². The number of aromatic amines is 1. The molecule has 1 saturated heterocycles. The van der Waals surface area contributed by atoms with Gasteiger partial charge in [0.1, 0.15) is 0 Å². The van der Waals surface area contributed by atoms with Gasteiger partial charge in [-0.05, 0) is 29.9 Å². The Morgan fingerprint density at radius 3 is 2.54 bits per heavy atom. The third-order valence-corrected chi connectivity index (χ3v) is 5.79. The van der Waals surface area contributed by atoms with Gasteiger partial charge in [-0.3, -0.25) is 18.9 Å². The first kappa shape index (κ1) is 18.8. The van der Waals surface area contributed by atoms with E-state index in [-0.39, 0.29) is 0 Å². The highest BCUT2D eigenvalue weighted by molar-refractivity contribution is 6.31. The monoisotopic (exact) mass is 401 g/mol. The van der Waals surface area contributed by atoms with E-state index in [9.17, 15) is 9.59 Å². The molecule has 0 radical (unpaired) electrons. The van der Waals surface area contributed by atoms with Crippen molar-refractivity contribution in [3.63, 3.8) is 0 Å². The van der Waals surface area contributed by atoms with Crippen molar-refractivity contribution >= 4 is 28.7 Å².